The fraction of sp³-hybridized carbons (Fsp3) is 0.867. The molecule has 19 heavy (non-hydrogen) atoms. The zero-order valence-electron chi connectivity index (χ0n) is 12.2. The Kier molecular flexibility index (Phi) is 4.83. The van der Waals surface area contributed by atoms with E-state index in [9.17, 15) is 9.59 Å². The highest BCUT2D eigenvalue weighted by Gasteiger charge is 2.41. The Labute approximate surface area is 116 Å². The Morgan fingerprint density at radius 2 is 2.05 bits per heavy atom. The van der Waals surface area contributed by atoms with E-state index in [1.54, 1.807) is 4.90 Å². The van der Waals surface area contributed by atoms with Crippen LogP contribution in [0.2, 0.25) is 0 Å². The Morgan fingerprint density at radius 1 is 1.26 bits per heavy atom. The molecule has 2 atom stereocenters. The zero-order valence-corrected chi connectivity index (χ0v) is 12.2. The molecule has 2 aliphatic heterocycles. The quantitative estimate of drug-likeness (QED) is 0.716. The summed E-state index contributed by atoms with van der Waals surface area (Å²) in [4.78, 5) is 28.3. The van der Waals surface area contributed by atoms with E-state index in [1.165, 1.54) is 12.8 Å². The number of fused-ring (bicyclic) bond motifs is 1. The molecule has 0 aromatic heterocycles. The predicted molar refractivity (Wildman–Crippen MR) is 74.7 cm³/mol. The normalized spacial score (nSPS) is 25.5. The van der Waals surface area contributed by atoms with Crippen molar-refractivity contribution in [3.63, 3.8) is 0 Å². The smallest absolute Gasteiger partial charge is 0.246 e. The van der Waals surface area contributed by atoms with Crippen molar-refractivity contribution >= 4 is 11.8 Å². The van der Waals surface area contributed by atoms with Crippen LogP contribution in [0.15, 0.2) is 0 Å². The van der Waals surface area contributed by atoms with Crippen molar-refractivity contribution in [2.75, 3.05) is 13.1 Å². The van der Waals surface area contributed by atoms with Crippen molar-refractivity contribution < 1.29 is 9.59 Å². The van der Waals surface area contributed by atoms with E-state index in [4.69, 9.17) is 0 Å². The lowest BCUT2D eigenvalue weighted by atomic mass is 9.96. The first kappa shape index (κ1) is 14.4. The van der Waals surface area contributed by atoms with Crippen molar-refractivity contribution in [3.05, 3.63) is 0 Å². The molecule has 2 aliphatic rings. The fourth-order valence-corrected chi connectivity index (χ4v) is 3.21. The first-order valence-corrected chi connectivity index (χ1v) is 7.75. The molecule has 0 radical (unpaired) electrons. The van der Waals surface area contributed by atoms with Gasteiger partial charge in [-0.1, -0.05) is 26.2 Å². The van der Waals surface area contributed by atoms with Crippen LogP contribution < -0.4 is 0 Å². The van der Waals surface area contributed by atoms with Gasteiger partial charge in [-0.3, -0.25) is 9.59 Å². The first-order valence-electron chi connectivity index (χ1n) is 7.75. The van der Waals surface area contributed by atoms with Crippen molar-refractivity contribution in [1.29, 1.82) is 0 Å². The van der Waals surface area contributed by atoms with Crippen LogP contribution in [0.5, 0.6) is 0 Å². The summed E-state index contributed by atoms with van der Waals surface area (Å²) in [6, 6.07) is 0.0377. The lowest BCUT2D eigenvalue weighted by Gasteiger charge is -2.44. The van der Waals surface area contributed by atoms with Gasteiger partial charge in [0.1, 0.15) is 12.6 Å². The molecule has 0 aromatic rings. The van der Waals surface area contributed by atoms with Crippen LogP contribution in [-0.4, -0.2) is 46.8 Å². The number of rotatable bonds is 5. The molecule has 2 saturated heterocycles. The Morgan fingerprint density at radius 3 is 2.79 bits per heavy atom. The summed E-state index contributed by atoms with van der Waals surface area (Å²) < 4.78 is 0. The van der Waals surface area contributed by atoms with E-state index in [0.717, 1.165) is 38.6 Å². The number of carbonyl (C=O) groups excluding carboxylic acids is 2. The van der Waals surface area contributed by atoms with Gasteiger partial charge in [0.15, 0.2) is 0 Å². The number of hydrogen-bond donors (Lipinski definition) is 0. The summed E-state index contributed by atoms with van der Waals surface area (Å²) in [5.41, 5.74) is 0. The number of unbranched alkanes of at least 4 members (excludes halogenated alkanes) is 2. The van der Waals surface area contributed by atoms with Gasteiger partial charge in [0.25, 0.3) is 0 Å². The minimum absolute atomic E-state index is 0.145. The number of piperidine rings is 1. The molecule has 0 aliphatic carbocycles. The van der Waals surface area contributed by atoms with Crippen molar-refractivity contribution in [1.82, 2.24) is 9.80 Å². The van der Waals surface area contributed by atoms with Gasteiger partial charge in [-0.25, -0.2) is 0 Å². The number of hydrogen-bond acceptors (Lipinski definition) is 2. The fourth-order valence-electron chi connectivity index (χ4n) is 3.21. The summed E-state index contributed by atoms with van der Waals surface area (Å²) in [5, 5.41) is 0. The molecule has 0 N–H and O–H groups in total. The standard InChI is InChI=1S/C15H26N2O2/c1-3-4-5-8-12(2)17-11-14(18)16-10-7-6-9-13(16)15(17)19/h12-13H,3-11H2,1-2H3. The largest absolute Gasteiger partial charge is 0.329 e. The average molecular weight is 266 g/mol. The van der Waals surface area contributed by atoms with Crippen LogP contribution in [0.3, 0.4) is 0 Å². The maximum atomic E-state index is 12.5. The maximum absolute atomic E-state index is 12.5. The SMILES string of the molecule is CCCCCC(C)N1CC(=O)N2CCCCC2C1=O. The van der Waals surface area contributed by atoms with Crippen LogP contribution in [0.25, 0.3) is 0 Å². The highest BCUT2D eigenvalue weighted by molar-refractivity contribution is 5.95. The molecule has 4 nitrogen and oxygen atoms in total. The van der Waals surface area contributed by atoms with E-state index < -0.39 is 0 Å². The summed E-state index contributed by atoms with van der Waals surface area (Å²) in [5.74, 6) is 0.329. The van der Waals surface area contributed by atoms with Crippen molar-refractivity contribution in [3.8, 4) is 0 Å². The van der Waals surface area contributed by atoms with Gasteiger partial charge in [0.2, 0.25) is 11.8 Å². The number of carbonyl (C=O) groups is 2. The highest BCUT2D eigenvalue weighted by Crippen LogP contribution is 2.25. The minimum Gasteiger partial charge on any atom is -0.329 e. The third kappa shape index (κ3) is 3.10. The summed E-state index contributed by atoms with van der Waals surface area (Å²) in [6.07, 6.45) is 7.51. The van der Waals surface area contributed by atoms with Gasteiger partial charge >= 0.3 is 0 Å². The lowest BCUT2D eigenvalue weighted by molar-refractivity contribution is -0.159. The van der Waals surface area contributed by atoms with Gasteiger partial charge in [0.05, 0.1) is 0 Å². The zero-order chi connectivity index (χ0) is 13.8. The Bertz CT molecular complexity index is 343. The monoisotopic (exact) mass is 266 g/mol. The molecule has 108 valence electrons. The molecule has 2 fully saturated rings. The van der Waals surface area contributed by atoms with E-state index in [1.807, 2.05) is 4.90 Å². The van der Waals surface area contributed by atoms with Crippen LogP contribution in [0.4, 0.5) is 0 Å². The summed E-state index contributed by atoms with van der Waals surface area (Å²) >= 11 is 0. The van der Waals surface area contributed by atoms with E-state index in [2.05, 4.69) is 13.8 Å². The molecule has 4 heteroatoms. The van der Waals surface area contributed by atoms with Gasteiger partial charge in [-0.15, -0.1) is 0 Å². The third-order valence-corrected chi connectivity index (χ3v) is 4.45. The van der Waals surface area contributed by atoms with Gasteiger partial charge < -0.3 is 9.80 Å². The first-order chi connectivity index (χ1) is 9.15. The van der Waals surface area contributed by atoms with Gasteiger partial charge in [-0.2, -0.15) is 0 Å². The lowest BCUT2D eigenvalue weighted by Crippen LogP contribution is -2.62. The molecule has 2 amide bonds. The summed E-state index contributed by atoms with van der Waals surface area (Å²) in [7, 11) is 0. The van der Waals surface area contributed by atoms with E-state index >= 15 is 0 Å². The second kappa shape index (κ2) is 6.40. The third-order valence-electron chi connectivity index (χ3n) is 4.45. The maximum Gasteiger partial charge on any atom is 0.246 e. The molecule has 0 saturated carbocycles. The van der Waals surface area contributed by atoms with E-state index in [-0.39, 0.29) is 23.9 Å². The molecule has 2 rings (SSSR count). The second-order valence-corrected chi connectivity index (χ2v) is 5.91. The molecular formula is C15H26N2O2. The van der Waals surface area contributed by atoms with Crippen molar-refractivity contribution in [2.45, 2.75) is 70.9 Å². The molecule has 0 spiro atoms. The number of nitrogens with zero attached hydrogens (tertiary/aromatic N) is 2. The average Bonchev–Trinajstić information content (AvgIpc) is 2.43. The second-order valence-electron chi connectivity index (χ2n) is 5.91. The highest BCUT2D eigenvalue weighted by atomic mass is 16.2. The predicted octanol–water partition coefficient (Wildman–Crippen LogP) is 2.18. The van der Waals surface area contributed by atoms with Gasteiger partial charge in [-0.05, 0) is 32.6 Å². The molecule has 0 aromatic carbocycles. The van der Waals surface area contributed by atoms with Crippen LogP contribution >= 0.6 is 0 Å². The number of amides is 2. The molecular weight excluding hydrogens is 240 g/mol. The van der Waals surface area contributed by atoms with E-state index in [0.29, 0.717) is 6.54 Å². The van der Waals surface area contributed by atoms with Gasteiger partial charge in [0, 0.05) is 12.6 Å². The number of piperazine rings is 1. The van der Waals surface area contributed by atoms with Crippen molar-refractivity contribution in [2.24, 2.45) is 0 Å². The Balaban J connectivity index is 1.97. The topological polar surface area (TPSA) is 40.6 Å². The van der Waals surface area contributed by atoms with Crippen LogP contribution in [-0.2, 0) is 9.59 Å². The van der Waals surface area contributed by atoms with Crippen LogP contribution in [0, 0.1) is 0 Å². The molecule has 2 heterocycles. The molecule has 0 bridgehead atoms. The Hall–Kier alpha value is -1.06. The molecule has 2 unspecified atom stereocenters. The van der Waals surface area contributed by atoms with Crippen LogP contribution in [0.1, 0.15) is 58.8 Å². The minimum atomic E-state index is -0.163. The summed E-state index contributed by atoms with van der Waals surface area (Å²) in [6.45, 7) is 5.33.